The van der Waals surface area contributed by atoms with Crippen molar-refractivity contribution in [3.63, 3.8) is 0 Å². The van der Waals surface area contributed by atoms with Crippen LogP contribution in [0.1, 0.15) is 26.3 Å². The van der Waals surface area contributed by atoms with Gasteiger partial charge in [0.1, 0.15) is 5.82 Å². The zero-order chi connectivity index (χ0) is 22.6. The van der Waals surface area contributed by atoms with Gasteiger partial charge in [-0.25, -0.2) is 14.4 Å². The van der Waals surface area contributed by atoms with Crippen molar-refractivity contribution >= 4 is 23.2 Å². The molecule has 2 aromatic carbocycles. The van der Waals surface area contributed by atoms with Crippen LogP contribution in [0.15, 0.2) is 84.0 Å². The van der Waals surface area contributed by atoms with Gasteiger partial charge < -0.3 is 11.1 Å². The Morgan fingerprint density at radius 3 is 2.13 bits per heavy atom. The van der Waals surface area contributed by atoms with Crippen molar-refractivity contribution in [3.8, 4) is 11.1 Å². The number of rotatable bonds is 5. The first-order valence-electron chi connectivity index (χ1n) is 9.90. The third-order valence-corrected chi connectivity index (χ3v) is 4.15. The quantitative estimate of drug-likeness (QED) is 0.319. The van der Waals surface area contributed by atoms with E-state index in [1.54, 1.807) is 31.3 Å². The van der Waals surface area contributed by atoms with Crippen LogP contribution in [0.4, 0.5) is 15.9 Å². The number of anilines is 1. The summed E-state index contributed by atoms with van der Waals surface area (Å²) < 4.78 is 12.9. The molecule has 160 valence electrons. The van der Waals surface area contributed by atoms with Gasteiger partial charge in [0.25, 0.3) is 0 Å². The first kappa shape index (κ1) is 23.5. The Bertz CT molecular complexity index is 1020. The highest BCUT2D eigenvalue weighted by atomic mass is 19.1. The molecule has 1 aromatic heterocycles. The summed E-state index contributed by atoms with van der Waals surface area (Å²) in [6, 6.07) is 17.1. The van der Waals surface area contributed by atoms with Gasteiger partial charge in [-0.1, -0.05) is 36.4 Å². The molecule has 3 rings (SSSR count). The van der Waals surface area contributed by atoms with Crippen molar-refractivity contribution in [2.45, 2.75) is 27.2 Å². The van der Waals surface area contributed by atoms with Gasteiger partial charge >= 0.3 is 0 Å². The molecule has 0 aliphatic rings. The average molecular weight is 419 g/mol. The first-order chi connectivity index (χ1) is 14.9. The Hall–Kier alpha value is -3.80. The van der Waals surface area contributed by atoms with E-state index in [9.17, 15) is 9.18 Å². The van der Waals surface area contributed by atoms with Gasteiger partial charge in [-0.2, -0.15) is 0 Å². The second kappa shape index (κ2) is 12.0. The number of nitrogens with two attached hydrogens (primary N) is 1. The van der Waals surface area contributed by atoms with Crippen LogP contribution < -0.4 is 11.1 Å². The summed E-state index contributed by atoms with van der Waals surface area (Å²) in [7, 11) is 0. The van der Waals surface area contributed by atoms with E-state index < -0.39 is 0 Å². The Balaban J connectivity index is 0.000000785. The lowest BCUT2D eigenvalue weighted by molar-refractivity contribution is -0.115. The highest BCUT2D eigenvalue weighted by molar-refractivity contribution is 5.92. The van der Waals surface area contributed by atoms with Crippen molar-refractivity contribution in [3.05, 3.63) is 90.4 Å². The number of allylic oxidation sites excluding steroid dienone is 2. The van der Waals surface area contributed by atoms with E-state index in [0.717, 1.165) is 16.7 Å². The molecule has 5 nitrogen and oxygen atoms in total. The lowest BCUT2D eigenvalue weighted by Gasteiger charge is -2.07. The van der Waals surface area contributed by atoms with Crippen LogP contribution in [0.25, 0.3) is 11.1 Å². The summed E-state index contributed by atoms with van der Waals surface area (Å²) in [4.78, 5) is 20.5. The van der Waals surface area contributed by atoms with Crippen LogP contribution in [0, 0.1) is 5.82 Å². The van der Waals surface area contributed by atoms with Gasteiger partial charge in [0.05, 0.1) is 12.3 Å². The fourth-order valence-corrected chi connectivity index (χ4v) is 2.54. The normalized spacial score (nSPS) is 11.0. The molecule has 0 saturated carbocycles. The minimum absolute atomic E-state index is 0.157. The first-order valence-corrected chi connectivity index (χ1v) is 9.90. The van der Waals surface area contributed by atoms with Gasteiger partial charge in [-0.05, 0) is 68.3 Å². The van der Waals surface area contributed by atoms with E-state index in [-0.39, 0.29) is 18.1 Å². The van der Waals surface area contributed by atoms with E-state index in [0.29, 0.717) is 17.3 Å². The fraction of sp³-hybridized carbons (Fsp3) is 0.160. The summed E-state index contributed by atoms with van der Waals surface area (Å²) in [6.45, 7) is 5.71. The largest absolute Gasteiger partial charge is 0.387 e. The number of pyridine rings is 1. The lowest BCUT2D eigenvalue weighted by Crippen LogP contribution is -2.14. The standard InChI is InChI=1S/C21H19FN4O.C4H8/c1-14(23)25-20-11-6-17(13-24-20)16-4-9-19(10-5-16)26-21(27)12-15-2-7-18(22)8-3-15;1-3-4-2/h2-11,13H,12H2,1H3,(H,26,27)(H2,23,24,25);3-4H,1-2H3/b;4-3-. The third-order valence-electron chi connectivity index (χ3n) is 4.15. The van der Waals surface area contributed by atoms with Crippen LogP contribution in [-0.4, -0.2) is 16.7 Å². The second-order valence-corrected chi connectivity index (χ2v) is 6.75. The molecular weight excluding hydrogens is 391 g/mol. The van der Waals surface area contributed by atoms with Crippen LogP contribution in [0.5, 0.6) is 0 Å². The van der Waals surface area contributed by atoms with Crippen LogP contribution in [0.2, 0.25) is 0 Å². The third kappa shape index (κ3) is 8.22. The average Bonchev–Trinajstić information content (AvgIpc) is 2.76. The number of carbonyl (C=O) groups excluding carboxylic acids is 1. The van der Waals surface area contributed by atoms with Crippen molar-refractivity contribution < 1.29 is 9.18 Å². The van der Waals surface area contributed by atoms with Crippen molar-refractivity contribution in [1.29, 1.82) is 0 Å². The molecule has 0 unspecified atom stereocenters. The lowest BCUT2D eigenvalue weighted by atomic mass is 10.1. The SMILES string of the molecule is C/C=C\C.CC(N)=Nc1ccc(-c2ccc(NC(=O)Cc3ccc(F)cc3)cc2)cn1. The molecule has 1 amide bonds. The summed E-state index contributed by atoms with van der Waals surface area (Å²) in [5.41, 5.74) is 8.90. The minimum atomic E-state index is -0.317. The predicted molar refractivity (Wildman–Crippen MR) is 126 cm³/mol. The summed E-state index contributed by atoms with van der Waals surface area (Å²) in [5.74, 6) is 0.539. The molecule has 0 saturated heterocycles. The maximum Gasteiger partial charge on any atom is 0.228 e. The minimum Gasteiger partial charge on any atom is -0.387 e. The predicted octanol–water partition coefficient (Wildman–Crippen LogP) is 5.66. The van der Waals surface area contributed by atoms with Gasteiger partial charge in [0, 0.05) is 17.4 Å². The molecule has 0 atom stereocenters. The smallest absolute Gasteiger partial charge is 0.228 e. The maximum absolute atomic E-state index is 12.9. The van der Waals surface area contributed by atoms with E-state index >= 15 is 0 Å². The number of carbonyl (C=O) groups is 1. The molecule has 31 heavy (non-hydrogen) atoms. The second-order valence-electron chi connectivity index (χ2n) is 6.75. The zero-order valence-electron chi connectivity index (χ0n) is 18.0. The summed E-state index contributed by atoms with van der Waals surface area (Å²) >= 11 is 0. The highest BCUT2D eigenvalue weighted by Crippen LogP contribution is 2.22. The van der Waals surface area contributed by atoms with Crippen molar-refractivity contribution in [2.75, 3.05) is 5.32 Å². The number of hydrogen-bond acceptors (Lipinski definition) is 3. The molecule has 6 heteroatoms. The van der Waals surface area contributed by atoms with Gasteiger partial charge in [-0.3, -0.25) is 4.79 Å². The number of aromatic nitrogens is 1. The summed E-state index contributed by atoms with van der Waals surface area (Å²) in [6.07, 6.45) is 5.92. The maximum atomic E-state index is 12.9. The number of nitrogens with zero attached hydrogens (tertiary/aromatic N) is 2. The molecule has 0 radical (unpaired) electrons. The Morgan fingerprint density at radius 1 is 1.00 bits per heavy atom. The number of amidine groups is 1. The molecule has 0 fully saturated rings. The van der Waals surface area contributed by atoms with Crippen LogP contribution in [-0.2, 0) is 11.2 Å². The van der Waals surface area contributed by atoms with Crippen LogP contribution >= 0.6 is 0 Å². The Morgan fingerprint density at radius 2 is 1.61 bits per heavy atom. The van der Waals surface area contributed by atoms with E-state index in [1.807, 2.05) is 56.3 Å². The van der Waals surface area contributed by atoms with Crippen molar-refractivity contribution in [2.24, 2.45) is 10.7 Å². The topological polar surface area (TPSA) is 80.4 Å². The number of aliphatic imine (C=N–C) groups is 1. The van der Waals surface area contributed by atoms with Gasteiger partial charge in [0.15, 0.2) is 5.82 Å². The van der Waals surface area contributed by atoms with E-state index in [1.165, 1.54) is 12.1 Å². The van der Waals surface area contributed by atoms with E-state index in [4.69, 9.17) is 5.73 Å². The molecule has 0 aliphatic carbocycles. The van der Waals surface area contributed by atoms with Crippen molar-refractivity contribution in [1.82, 2.24) is 4.98 Å². The Labute approximate surface area is 182 Å². The fourth-order valence-electron chi connectivity index (χ4n) is 2.54. The van der Waals surface area contributed by atoms with Gasteiger partial charge in [0.2, 0.25) is 5.91 Å². The van der Waals surface area contributed by atoms with Crippen LogP contribution in [0.3, 0.4) is 0 Å². The highest BCUT2D eigenvalue weighted by Gasteiger charge is 2.05. The van der Waals surface area contributed by atoms with Gasteiger partial charge in [-0.15, -0.1) is 0 Å². The molecular formula is C25H27FN4O. The number of benzene rings is 2. The molecule has 3 N–H and O–H groups in total. The Kier molecular flexibility index (Phi) is 9.11. The number of nitrogens with one attached hydrogen (secondary N) is 1. The molecule has 0 aliphatic heterocycles. The zero-order valence-corrected chi connectivity index (χ0v) is 18.0. The molecule has 3 aromatic rings. The number of hydrogen-bond donors (Lipinski definition) is 2. The molecule has 0 bridgehead atoms. The monoisotopic (exact) mass is 418 g/mol. The summed E-state index contributed by atoms with van der Waals surface area (Å²) in [5, 5.41) is 2.83. The number of halogens is 1. The molecule has 0 spiro atoms. The molecule has 1 heterocycles. The van der Waals surface area contributed by atoms with E-state index in [2.05, 4.69) is 15.3 Å². The number of amides is 1.